The predicted octanol–water partition coefficient (Wildman–Crippen LogP) is 4.34. The first-order valence-electron chi connectivity index (χ1n) is 7.21. The molecule has 1 rings (SSSR count). The quantitative estimate of drug-likeness (QED) is 0.761. The molecule has 1 N–H and O–H groups in total. The van der Waals surface area contributed by atoms with E-state index in [9.17, 15) is 14.7 Å². The fraction of sp³-hybridized carbons (Fsp3) is 0.500. The zero-order valence-electron chi connectivity index (χ0n) is 12.6. The van der Waals surface area contributed by atoms with Crippen LogP contribution in [0.1, 0.15) is 66.3 Å². The van der Waals surface area contributed by atoms with E-state index < -0.39 is 11.9 Å². The summed E-state index contributed by atoms with van der Waals surface area (Å²) in [5, 5.41) is 9.58. The number of aryl methyl sites for hydroxylation is 1. The van der Waals surface area contributed by atoms with Crippen molar-refractivity contribution in [3.63, 3.8) is 0 Å². The number of aromatic carboxylic acids is 1. The van der Waals surface area contributed by atoms with Crippen LogP contribution in [0.5, 0.6) is 0 Å². The van der Waals surface area contributed by atoms with Crippen molar-refractivity contribution in [2.75, 3.05) is 0 Å². The molecule has 116 valence electrons. The highest BCUT2D eigenvalue weighted by Gasteiger charge is 2.22. The van der Waals surface area contributed by atoms with E-state index in [0.717, 1.165) is 18.4 Å². The maximum Gasteiger partial charge on any atom is 0.339 e. The van der Waals surface area contributed by atoms with Crippen molar-refractivity contribution in [1.82, 2.24) is 0 Å². The van der Waals surface area contributed by atoms with E-state index in [4.69, 9.17) is 16.3 Å². The van der Waals surface area contributed by atoms with Gasteiger partial charge in [-0.25, -0.2) is 9.59 Å². The maximum atomic E-state index is 12.3. The van der Waals surface area contributed by atoms with Crippen molar-refractivity contribution >= 4 is 23.5 Å². The standard InChI is InChI=1S/C16H21ClO4/c1-4-7-11(6-3)21-16(20)13-8-10(5-2)14(17)9-12(13)15(18)19/h8-9,11H,4-7H2,1-3H3,(H,18,19). The Hall–Kier alpha value is -1.55. The number of benzene rings is 1. The molecule has 0 amide bonds. The molecule has 0 aliphatic rings. The molecule has 0 aromatic heterocycles. The third-order valence-corrected chi connectivity index (χ3v) is 3.71. The second-order valence-corrected chi connectivity index (χ2v) is 5.28. The Bertz CT molecular complexity index is 525. The molecule has 5 heteroatoms. The molecule has 0 saturated carbocycles. The molecular weight excluding hydrogens is 292 g/mol. The number of carboxylic acid groups (broad SMARTS) is 1. The lowest BCUT2D eigenvalue weighted by Crippen LogP contribution is -2.20. The van der Waals surface area contributed by atoms with Crippen LogP contribution in [-0.4, -0.2) is 23.1 Å². The molecule has 0 fully saturated rings. The van der Waals surface area contributed by atoms with Gasteiger partial charge in [-0.05, 0) is 37.0 Å². The summed E-state index contributed by atoms with van der Waals surface area (Å²) in [6.45, 7) is 5.84. The van der Waals surface area contributed by atoms with Gasteiger partial charge in [0.15, 0.2) is 0 Å². The summed E-state index contributed by atoms with van der Waals surface area (Å²) >= 11 is 6.02. The van der Waals surface area contributed by atoms with Crippen molar-refractivity contribution in [2.24, 2.45) is 0 Å². The summed E-state index contributed by atoms with van der Waals surface area (Å²) < 4.78 is 5.41. The summed E-state index contributed by atoms with van der Waals surface area (Å²) in [6, 6.07) is 2.84. The van der Waals surface area contributed by atoms with Crippen molar-refractivity contribution < 1.29 is 19.4 Å². The Balaban J connectivity index is 3.14. The zero-order chi connectivity index (χ0) is 16.0. The van der Waals surface area contributed by atoms with Gasteiger partial charge in [-0.2, -0.15) is 0 Å². The average Bonchev–Trinajstić information content (AvgIpc) is 2.46. The number of halogens is 1. The van der Waals surface area contributed by atoms with Gasteiger partial charge < -0.3 is 9.84 Å². The van der Waals surface area contributed by atoms with Gasteiger partial charge in [0, 0.05) is 5.02 Å². The van der Waals surface area contributed by atoms with Crippen LogP contribution in [-0.2, 0) is 11.2 Å². The highest BCUT2D eigenvalue weighted by atomic mass is 35.5. The monoisotopic (exact) mass is 312 g/mol. The minimum atomic E-state index is -1.19. The Morgan fingerprint density at radius 3 is 2.38 bits per heavy atom. The minimum absolute atomic E-state index is 0.0679. The van der Waals surface area contributed by atoms with Gasteiger partial charge in [0.1, 0.15) is 6.10 Å². The number of hydrogen-bond acceptors (Lipinski definition) is 3. The van der Waals surface area contributed by atoms with Gasteiger partial charge in [0.2, 0.25) is 0 Å². The summed E-state index contributed by atoms with van der Waals surface area (Å²) in [4.78, 5) is 23.6. The molecule has 0 bridgehead atoms. The van der Waals surface area contributed by atoms with Gasteiger partial charge in [0.05, 0.1) is 11.1 Å². The highest BCUT2D eigenvalue weighted by Crippen LogP contribution is 2.24. The minimum Gasteiger partial charge on any atom is -0.478 e. The molecular formula is C16H21ClO4. The smallest absolute Gasteiger partial charge is 0.339 e. The summed E-state index contributed by atoms with van der Waals surface area (Å²) in [7, 11) is 0. The van der Waals surface area contributed by atoms with E-state index in [-0.39, 0.29) is 17.2 Å². The third kappa shape index (κ3) is 4.46. The molecule has 1 aromatic carbocycles. The second-order valence-electron chi connectivity index (χ2n) is 4.87. The average molecular weight is 313 g/mol. The van der Waals surface area contributed by atoms with Crippen LogP contribution in [0.3, 0.4) is 0 Å². The fourth-order valence-electron chi connectivity index (χ4n) is 2.12. The lowest BCUT2D eigenvalue weighted by molar-refractivity contribution is 0.0266. The van der Waals surface area contributed by atoms with Crippen LogP contribution in [0.4, 0.5) is 0 Å². The third-order valence-electron chi connectivity index (χ3n) is 3.36. The van der Waals surface area contributed by atoms with E-state index in [1.807, 2.05) is 20.8 Å². The van der Waals surface area contributed by atoms with Gasteiger partial charge in [-0.3, -0.25) is 0 Å². The number of carbonyl (C=O) groups is 2. The van der Waals surface area contributed by atoms with E-state index in [0.29, 0.717) is 17.9 Å². The van der Waals surface area contributed by atoms with Crippen molar-refractivity contribution in [2.45, 2.75) is 52.6 Å². The molecule has 4 nitrogen and oxygen atoms in total. The van der Waals surface area contributed by atoms with Crippen LogP contribution in [0, 0.1) is 0 Å². The number of esters is 1. The number of hydrogen-bond donors (Lipinski definition) is 1. The summed E-state index contributed by atoms with van der Waals surface area (Å²) in [6.07, 6.45) is 2.79. The lowest BCUT2D eigenvalue weighted by atomic mass is 10.0. The van der Waals surface area contributed by atoms with Crippen molar-refractivity contribution in [1.29, 1.82) is 0 Å². The molecule has 0 saturated heterocycles. The van der Waals surface area contributed by atoms with Crippen molar-refractivity contribution in [3.8, 4) is 0 Å². The number of rotatable bonds is 7. The Morgan fingerprint density at radius 2 is 1.90 bits per heavy atom. The molecule has 1 unspecified atom stereocenters. The van der Waals surface area contributed by atoms with Crippen molar-refractivity contribution in [3.05, 3.63) is 33.8 Å². The van der Waals surface area contributed by atoms with Crippen LogP contribution in [0.25, 0.3) is 0 Å². The first-order chi connectivity index (χ1) is 9.94. The van der Waals surface area contributed by atoms with Crippen LogP contribution < -0.4 is 0 Å². The lowest BCUT2D eigenvalue weighted by Gasteiger charge is -2.17. The highest BCUT2D eigenvalue weighted by molar-refractivity contribution is 6.32. The van der Waals surface area contributed by atoms with E-state index in [2.05, 4.69) is 0 Å². The molecule has 0 heterocycles. The fourth-order valence-corrected chi connectivity index (χ4v) is 2.42. The first-order valence-corrected chi connectivity index (χ1v) is 7.58. The normalized spacial score (nSPS) is 12.0. The predicted molar refractivity (Wildman–Crippen MR) is 82.2 cm³/mol. The van der Waals surface area contributed by atoms with E-state index in [1.54, 1.807) is 0 Å². The molecule has 0 aliphatic carbocycles. The van der Waals surface area contributed by atoms with Crippen LogP contribution >= 0.6 is 11.6 Å². The molecule has 1 aromatic rings. The molecule has 21 heavy (non-hydrogen) atoms. The van der Waals surface area contributed by atoms with Gasteiger partial charge in [-0.15, -0.1) is 0 Å². The molecule has 0 aliphatic heterocycles. The second kappa shape index (κ2) is 8.03. The topological polar surface area (TPSA) is 63.6 Å². The van der Waals surface area contributed by atoms with E-state index in [1.165, 1.54) is 12.1 Å². The maximum absolute atomic E-state index is 12.3. The van der Waals surface area contributed by atoms with E-state index >= 15 is 0 Å². The Kier molecular flexibility index (Phi) is 6.69. The van der Waals surface area contributed by atoms with Gasteiger partial charge in [-0.1, -0.05) is 38.8 Å². The molecule has 1 atom stereocenters. The Labute approximate surface area is 130 Å². The number of ether oxygens (including phenoxy) is 1. The van der Waals surface area contributed by atoms with Crippen LogP contribution in [0.15, 0.2) is 12.1 Å². The largest absolute Gasteiger partial charge is 0.478 e. The molecule has 0 spiro atoms. The van der Waals surface area contributed by atoms with Gasteiger partial charge in [0.25, 0.3) is 0 Å². The zero-order valence-corrected chi connectivity index (χ0v) is 13.4. The summed E-state index contributed by atoms with van der Waals surface area (Å²) in [5.74, 6) is -1.78. The summed E-state index contributed by atoms with van der Waals surface area (Å²) in [5.41, 5.74) is 0.684. The van der Waals surface area contributed by atoms with Gasteiger partial charge >= 0.3 is 11.9 Å². The number of carbonyl (C=O) groups excluding carboxylic acids is 1. The SMILES string of the molecule is CCCC(CC)OC(=O)c1cc(CC)c(Cl)cc1C(=O)O. The first kappa shape index (κ1) is 17.5. The Morgan fingerprint density at radius 1 is 1.24 bits per heavy atom. The van der Waals surface area contributed by atoms with Crippen LogP contribution in [0.2, 0.25) is 5.02 Å². The molecule has 0 radical (unpaired) electrons. The number of carboxylic acids is 1.